The Kier molecular flexibility index (Phi) is 4.70. The number of carbonyl (C=O) groups is 1. The Labute approximate surface area is 119 Å². The van der Waals surface area contributed by atoms with Crippen molar-refractivity contribution in [1.82, 2.24) is 10.6 Å². The second-order valence-electron chi connectivity index (χ2n) is 5.51. The number of nitrogens with one attached hydrogen (secondary N) is 2. The van der Waals surface area contributed by atoms with Crippen LogP contribution in [0.2, 0.25) is 5.02 Å². The van der Waals surface area contributed by atoms with Gasteiger partial charge in [0, 0.05) is 17.6 Å². The van der Waals surface area contributed by atoms with Gasteiger partial charge in [-0.3, -0.25) is 0 Å². The van der Waals surface area contributed by atoms with Crippen LogP contribution in [0.25, 0.3) is 0 Å². The van der Waals surface area contributed by atoms with E-state index < -0.39 is 0 Å². The average molecular weight is 281 g/mol. The fraction of sp³-hybridized carbons (Fsp3) is 0.533. The molecule has 2 rings (SSSR count). The second-order valence-corrected chi connectivity index (χ2v) is 5.91. The highest BCUT2D eigenvalue weighted by Crippen LogP contribution is 2.25. The molecule has 1 aliphatic carbocycles. The standard InChI is InChI=1S/C15H21ClN2O/c1-10-7-13(8-10)18-15(19)17-6-5-12-3-4-14(16)11(2)9-12/h3-4,9-10,13H,5-8H2,1-2H3,(H2,17,18,19). The van der Waals surface area contributed by atoms with Gasteiger partial charge in [-0.1, -0.05) is 30.7 Å². The summed E-state index contributed by atoms with van der Waals surface area (Å²) in [7, 11) is 0. The summed E-state index contributed by atoms with van der Waals surface area (Å²) >= 11 is 5.98. The average Bonchev–Trinajstić information content (AvgIpc) is 2.32. The number of hydrogen-bond acceptors (Lipinski definition) is 1. The van der Waals surface area contributed by atoms with E-state index in [4.69, 9.17) is 11.6 Å². The zero-order valence-corrected chi connectivity index (χ0v) is 12.3. The van der Waals surface area contributed by atoms with Crippen LogP contribution < -0.4 is 10.6 Å². The Morgan fingerprint density at radius 2 is 2.16 bits per heavy atom. The van der Waals surface area contributed by atoms with Gasteiger partial charge >= 0.3 is 6.03 Å². The fourth-order valence-electron chi connectivity index (χ4n) is 2.44. The van der Waals surface area contributed by atoms with E-state index in [1.54, 1.807) is 0 Å². The lowest BCUT2D eigenvalue weighted by molar-refractivity contribution is 0.210. The highest BCUT2D eigenvalue weighted by Gasteiger charge is 2.26. The molecule has 104 valence electrons. The lowest BCUT2D eigenvalue weighted by Crippen LogP contribution is -2.48. The predicted octanol–water partition coefficient (Wildman–Crippen LogP) is 3.29. The maximum atomic E-state index is 11.6. The lowest BCUT2D eigenvalue weighted by Gasteiger charge is -2.33. The third-order valence-corrected chi connectivity index (χ3v) is 4.05. The highest BCUT2D eigenvalue weighted by molar-refractivity contribution is 6.31. The molecule has 0 heterocycles. The van der Waals surface area contributed by atoms with Crippen molar-refractivity contribution >= 4 is 17.6 Å². The van der Waals surface area contributed by atoms with Crippen molar-refractivity contribution in [3.05, 3.63) is 34.3 Å². The number of amides is 2. The van der Waals surface area contributed by atoms with Crippen molar-refractivity contribution in [2.24, 2.45) is 5.92 Å². The van der Waals surface area contributed by atoms with E-state index in [1.165, 1.54) is 5.56 Å². The van der Waals surface area contributed by atoms with Crippen LogP contribution >= 0.6 is 11.6 Å². The quantitative estimate of drug-likeness (QED) is 0.873. The molecule has 1 aliphatic rings. The van der Waals surface area contributed by atoms with Gasteiger partial charge < -0.3 is 10.6 Å². The largest absolute Gasteiger partial charge is 0.338 e. The number of benzene rings is 1. The monoisotopic (exact) mass is 280 g/mol. The van der Waals surface area contributed by atoms with Gasteiger partial charge in [-0.15, -0.1) is 0 Å². The molecule has 1 aromatic rings. The minimum absolute atomic E-state index is 0.0532. The molecular formula is C15H21ClN2O. The van der Waals surface area contributed by atoms with Gasteiger partial charge in [0.05, 0.1) is 0 Å². The third-order valence-electron chi connectivity index (χ3n) is 3.63. The van der Waals surface area contributed by atoms with Crippen LogP contribution in [0, 0.1) is 12.8 Å². The van der Waals surface area contributed by atoms with E-state index in [-0.39, 0.29) is 6.03 Å². The first-order valence-corrected chi connectivity index (χ1v) is 7.22. The molecule has 1 saturated carbocycles. The third kappa shape index (κ3) is 4.13. The minimum atomic E-state index is -0.0532. The molecule has 0 aromatic heterocycles. The van der Waals surface area contributed by atoms with E-state index in [9.17, 15) is 4.79 Å². The minimum Gasteiger partial charge on any atom is -0.338 e. The van der Waals surface area contributed by atoms with Crippen LogP contribution in [0.15, 0.2) is 18.2 Å². The van der Waals surface area contributed by atoms with Gasteiger partial charge in [0.15, 0.2) is 0 Å². The van der Waals surface area contributed by atoms with Crippen molar-refractivity contribution in [3.63, 3.8) is 0 Å². The van der Waals surface area contributed by atoms with Gasteiger partial charge in [-0.25, -0.2) is 4.79 Å². The topological polar surface area (TPSA) is 41.1 Å². The molecule has 0 bridgehead atoms. The van der Waals surface area contributed by atoms with Crippen molar-refractivity contribution in [2.45, 2.75) is 39.2 Å². The van der Waals surface area contributed by atoms with Crippen LogP contribution in [-0.4, -0.2) is 18.6 Å². The second kappa shape index (κ2) is 6.29. The van der Waals surface area contributed by atoms with Gasteiger partial charge in [0.1, 0.15) is 0 Å². The molecule has 0 aliphatic heterocycles. The van der Waals surface area contributed by atoms with Crippen LogP contribution in [0.3, 0.4) is 0 Å². The van der Waals surface area contributed by atoms with E-state index in [0.717, 1.165) is 35.8 Å². The number of urea groups is 1. The summed E-state index contributed by atoms with van der Waals surface area (Å²) in [6.07, 6.45) is 3.03. The normalized spacial score (nSPS) is 21.6. The Balaban J connectivity index is 1.68. The number of rotatable bonds is 4. The van der Waals surface area contributed by atoms with Gasteiger partial charge in [-0.05, 0) is 49.3 Å². The van der Waals surface area contributed by atoms with Crippen LogP contribution in [0.5, 0.6) is 0 Å². The molecule has 19 heavy (non-hydrogen) atoms. The zero-order valence-electron chi connectivity index (χ0n) is 11.5. The molecular weight excluding hydrogens is 260 g/mol. The predicted molar refractivity (Wildman–Crippen MR) is 78.6 cm³/mol. The number of carbonyl (C=O) groups excluding carboxylic acids is 1. The first-order valence-electron chi connectivity index (χ1n) is 6.84. The van der Waals surface area contributed by atoms with Crippen molar-refractivity contribution < 1.29 is 4.79 Å². The first-order chi connectivity index (χ1) is 9.04. The first kappa shape index (κ1) is 14.2. The molecule has 0 atom stereocenters. The maximum Gasteiger partial charge on any atom is 0.315 e. The van der Waals surface area contributed by atoms with Gasteiger partial charge in [0.2, 0.25) is 0 Å². The highest BCUT2D eigenvalue weighted by atomic mass is 35.5. The molecule has 2 amide bonds. The van der Waals surface area contributed by atoms with Crippen molar-refractivity contribution in [3.8, 4) is 0 Å². The Morgan fingerprint density at radius 1 is 1.42 bits per heavy atom. The van der Waals surface area contributed by atoms with Crippen molar-refractivity contribution in [1.29, 1.82) is 0 Å². The zero-order chi connectivity index (χ0) is 13.8. The fourth-order valence-corrected chi connectivity index (χ4v) is 2.56. The molecule has 2 N–H and O–H groups in total. The summed E-state index contributed by atoms with van der Waals surface area (Å²) < 4.78 is 0. The molecule has 0 spiro atoms. The van der Waals surface area contributed by atoms with Gasteiger partial charge in [0.25, 0.3) is 0 Å². The summed E-state index contributed by atoms with van der Waals surface area (Å²) in [6, 6.07) is 6.29. The summed E-state index contributed by atoms with van der Waals surface area (Å²) in [5, 5.41) is 6.66. The number of hydrogen-bond donors (Lipinski definition) is 2. The van der Waals surface area contributed by atoms with Crippen LogP contribution in [-0.2, 0) is 6.42 Å². The van der Waals surface area contributed by atoms with E-state index >= 15 is 0 Å². The number of halogens is 1. The molecule has 0 saturated heterocycles. The molecule has 0 radical (unpaired) electrons. The number of aryl methyl sites for hydroxylation is 1. The molecule has 1 aromatic carbocycles. The summed E-state index contributed by atoms with van der Waals surface area (Å²) in [5.41, 5.74) is 2.27. The molecule has 4 heteroatoms. The van der Waals surface area contributed by atoms with E-state index in [2.05, 4.69) is 23.6 Å². The van der Waals surface area contributed by atoms with E-state index in [0.29, 0.717) is 12.6 Å². The summed E-state index contributed by atoms with van der Waals surface area (Å²) in [4.78, 5) is 11.6. The Bertz CT molecular complexity index is 455. The lowest BCUT2D eigenvalue weighted by atomic mass is 9.82. The van der Waals surface area contributed by atoms with Crippen LogP contribution in [0.1, 0.15) is 30.9 Å². The van der Waals surface area contributed by atoms with Crippen molar-refractivity contribution in [2.75, 3.05) is 6.54 Å². The Morgan fingerprint density at radius 3 is 2.79 bits per heavy atom. The SMILES string of the molecule is Cc1cc(CCNC(=O)NC2CC(C)C2)ccc1Cl. The van der Waals surface area contributed by atoms with E-state index in [1.807, 2.05) is 19.1 Å². The summed E-state index contributed by atoms with van der Waals surface area (Å²) in [6.45, 7) is 4.85. The maximum absolute atomic E-state index is 11.6. The van der Waals surface area contributed by atoms with Crippen LogP contribution in [0.4, 0.5) is 4.79 Å². The van der Waals surface area contributed by atoms with Gasteiger partial charge in [-0.2, -0.15) is 0 Å². The molecule has 0 unspecified atom stereocenters. The smallest absolute Gasteiger partial charge is 0.315 e. The molecule has 3 nitrogen and oxygen atoms in total. The molecule has 1 fully saturated rings. The Hall–Kier alpha value is -1.22. The summed E-state index contributed by atoms with van der Waals surface area (Å²) in [5.74, 6) is 0.752.